The van der Waals surface area contributed by atoms with Crippen LogP contribution in [0.2, 0.25) is 0 Å². The number of rotatable bonds is 8. The average molecular weight is 410 g/mol. The van der Waals surface area contributed by atoms with Gasteiger partial charge >= 0.3 is 0 Å². The van der Waals surface area contributed by atoms with Gasteiger partial charge in [-0.05, 0) is 46.2 Å². The first-order valence-electron chi connectivity index (χ1n) is 10.0. The highest BCUT2D eigenvalue weighted by Gasteiger charge is 2.19. The number of guanidine groups is 1. The summed E-state index contributed by atoms with van der Waals surface area (Å²) in [5, 5.41) is 6.53. The lowest BCUT2D eigenvalue weighted by Crippen LogP contribution is -2.40. The third-order valence-electron chi connectivity index (χ3n) is 4.42. The van der Waals surface area contributed by atoms with Crippen LogP contribution in [-0.4, -0.2) is 53.1 Å². The molecule has 158 valence electrons. The number of aliphatic imine (C=N–C) groups is 1. The van der Waals surface area contributed by atoms with E-state index in [9.17, 15) is 4.21 Å². The van der Waals surface area contributed by atoms with E-state index in [1.54, 1.807) is 0 Å². The van der Waals surface area contributed by atoms with Gasteiger partial charge < -0.3 is 20.1 Å². The standard InChI is InChI=1S/C21H35N3O3S/c1-6-22-20(23-10-12-28(25)21(3,4)5)24-14-17-8-7-16(2)13-19(17)27-18-9-11-26-15-18/h7-8,13,18H,6,9-12,14-15H2,1-5H3,(H2,22,23,24). The molecule has 2 unspecified atom stereocenters. The summed E-state index contributed by atoms with van der Waals surface area (Å²) in [6, 6.07) is 6.22. The lowest BCUT2D eigenvalue weighted by molar-refractivity contribution is 0.140. The SMILES string of the molecule is CCNC(=NCc1ccc(C)cc1OC1CCOC1)NCCS(=O)C(C)(C)C. The molecule has 2 atom stereocenters. The van der Waals surface area contributed by atoms with Gasteiger partial charge in [-0.2, -0.15) is 0 Å². The molecule has 0 radical (unpaired) electrons. The number of hydrogen-bond donors (Lipinski definition) is 2. The fraction of sp³-hybridized carbons (Fsp3) is 0.667. The molecule has 1 aliphatic heterocycles. The van der Waals surface area contributed by atoms with Gasteiger partial charge in [-0.1, -0.05) is 12.1 Å². The topological polar surface area (TPSA) is 72.0 Å². The maximum atomic E-state index is 12.2. The second-order valence-electron chi connectivity index (χ2n) is 8.00. The maximum Gasteiger partial charge on any atom is 0.191 e. The Balaban J connectivity index is 2.00. The second kappa shape index (κ2) is 10.8. The van der Waals surface area contributed by atoms with E-state index in [1.165, 1.54) is 0 Å². The minimum absolute atomic E-state index is 0.114. The minimum atomic E-state index is -0.884. The van der Waals surface area contributed by atoms with Crippen molar-refractivity contribution in [1.82, 2.24) is 10.6 Å². The van der Waals surface area contributed by atoms with Crippen LogP contribution in [0.3, 0.4) is 0 Å². The van der Waals surface area contributed by atoms with Gasteiger partial charge in [-0.15, -0.1) is 0 Å². The van der Waals surface area contributed by atoms with Crippen molar-refractivity contribution in [2.24, 2.45) is 4.99 Å². The molecule has 0 aliphatic carbocycles. The van der Waals surface area contributed by atoms with Crippen molar-refractivity contribution in [3.05, 3.63) is 29.3 Å². The summed E-state index contributed by atoms with van der Waals surface area (Å²) in [6.45, 7) is 13.4. The highest BCUT2D eigenvalue weighted by molar-refractivity contribution is 7.86. The molecule has 0 amide bonds. The molecule has 0 spiro atoms. The van der Waals surface area contributed by atoms with Gasteiger partial charge in [-0.3, -0.25) is 4.21 Å². The number of nitrogens with one attached hydrogen (secondary N) is 2. The first kappa shape index (κ1) is 22.7. The smallest absolute Gasteiger partial charge is 0.191 e. The third kappa shape index (κ3) is 7.43. The molecule has 2 N–H and O–H groups in total. The number of aryl methyl sites for hydroxylation is 1. The second-order valence-corrected chi connectivity index (χ2v) is 10.3. The maximum absolute atomic E-state index is 12.2. The summed E-state index contributed by atoms with van der Waals surface area (Å²) in [5.41, 5.74) is 2.21. The van der Waals surface area contributed by atoms with E-state index in [0.29, 0.717) is 25.4 Å². The summed E-state index contributed by atoms with van der Waals surface area (Å²) >= 11 is 0. The summed E-state index contributed by atoms with van der Waals surface area (Å²) in [6.07, 6.45) is 1.04. The van der Waals surface area contributed by atoms with E-state index >= 15 is 0 Å². The van der Waals surface area contributed by atoms with Gasteiger partial charge in [0.15, 0.2) is 5.96 Å². The molecule has 0 aromatic heterocycles. The van der Waals surface area contributed by atoms with Gasteiger partial charge in [0.05, 0.1) is 19.8 Å². The van der Waals surface area contributed by atoms with Crippen molar-refractivity contribution in [3.63, 3.8) is 0 Å². The fourth-order valence-electron chi connectivity index (χ4n) is 2.76. The van der Waals surface area contributed by atoms with Gasteiger partial charge in [0, 0.05) is 46.4 Å². The predicted molar refractivity (Wildman–Crippen MR) is 117 cm³/mol. The van der Waals surface area contributed by atoms with E-state index in [-0.39, 0.29) is 10.9 Å². The third-order valence-corrected chi connectivity index (χ3v) is 6.36. The number of benzene rings is 1. The monoisotopic (exact) mass is 409 g/mol. The van der Waals surface area contributed by atoms with Crippen LogP contribution < -0.4 is 15.4 Å². The molecule has 1 aromatic rings. The Hall–Kier alpha value is -1.60. The van der Waals surface area contributed by atoms with Crippen molar-refractivity contribution in [1.29, 1.82) is 0 Å². The zero-order chi connectivity index (χ0) is 20.6. The van der Waals surface area contributed by atoms with Crippen molar-refractivity contribution >= 4 is 16.8 Å². The Morgan fingerprint density at radius 2 is 2.14 bits per heavy atom. The van der Waals surface area contributed by atoms with Crippen molar-refractivity contribution in [2.75, 3.05) is 32.1 Å². The Morgan fingerprint density at radius 3 is 2.79 bits per heavy atom. The van der Waals surface area contributed by atoms with Crippen molar-refractivity contribution in [2.45, 2.75) is 58.4 Å². The fourth-order valence-corrected chi connectivity index (χ4v) is 3.66. The summed E-state index contributed by atoms with van der Waals surface area (Å²) in [5.74, 6) is 2.20. The molecule has 1 aromatic carbocycles. The average Bonchev–Trinajstić information content (AvgIpc) is 3.13. The van der Waals surface area contributed by atoms with Gasteiger partial charge in [-0.25, -0.2) is 4.99 Å². The molecule has 6 nitrogen and oxygen atoms in total. The largest absolute Gasteiger partial charge is 0.488 e. The van der Waals surface area contributed by atoms with Gasteiger partial charge in [0.2, 0.25) is 0 Å². The molecule has 2 rings (SSSR count). The van der Waals surface area contributed by atoms with Gasteiger partial charge in [0.25, 0.3) is 0 Å². The predicted octanol–water partition coefficient (Wildman–Crippen LogP) is 2.77. The zero-order valence-corrected chi connectivity index (χ0v) is 18.7. The number of nitrogens with zero attached hydrogens (tertiary/aromatic N) is 1. The zero-order valence-electron chi connectivity index (χ0n) is 17.8. The summed E-state index contributed by atoms with van der Waals surface area (Å²) in [4.78, 5) is 4.69. The summed E-state index contributed by atoms with van der Waals surface area (Å²) in [7, 11) is -0.884. The van der Waals surface area contributed by atoms with Crippen LogP contribution in [0.4, 0.5) is 0 Å². The van der Waals surface area contributed by atoms with Crippen LogP contribution >= 0.6 is 0 Å². The normalized spacial score (nSPS) is 18.8. The first-order valence-corrected chi connectivity index (χ1v) is 11.4. The highest BCUT2D eigenvalue weighted by Crippen LogP contribution is 2.24. The van der Waals surface area contributed by atoms with Crippen LogP contribution in [0.25, 0.3) is 0 Å². The Kier molecular flexibility index (Phi) is 8.76. The lowest BCUT2D eigenvalue weighted by atomic mass is 10.1. The summed E-state index contributed by atoms with van der Waals surface area (Å²) < 4.78 is 23.6. The van der Waals surface area contributed by atoms with E-state index < -0.39 is 10.8 Å². The Bertz CT molecular complexity index is 680. The molecule has 1 aliphatic rings. The molecule has 1 saturated heterocycles. The van der Waals surface area contributed by atoms with E-state index in [4.69, 9.17) is 14.5 Å². The van der Waals surface area contributed by atoms with Crippen LogP contribution in [0.1, 0.15) is 45.2 Å². The Morgan fingerprint density at radius 1 is 1.36 bits per heavy atom. The van der Waals surface area contributed by atoms with Crippen LogP contribution in [0.5, 0.6) is 5.75 Å². The minimum Gasteiger partial charge on any atom is -0.488 e. The molecular formula is C21H35N3O3S. The van der Waals surface area contributed by atoms with Crippen LogP contribution in [-0.2, 0) is 22.1 Å². The quantitative estimate of drug-likeness (QED) is 0.510. The molecule has 1 fully saturated rings. The molecule has 0 saturated carbocycles. The molecule has 28 heavy (non-hydrogen) atoms. The number of hydrogen-bond acceptors (Lipinski definition) is 4. The first-order chi connectivity index (χ1) is 13.3. The molecular weight excluding hydrogens is 374 g/mol. The van der Waals surface area contributed by atoms with Gasteiger partial charge in [0.1, 0.15) is 11.9 Å². The molecule has 0 bridgehead atoms. The van der Waals surface area contributed by atoms with Crippen molar-refractivity contribution < 1.29 is 13.7 Å². The van der Waals surface area contributed by atoms with E-state index in [2.05, 4.69) is 35.8 Å². The highest BCUT2D eigenvalue weighted by atomic mass is 32.2. The lowest BCUT2D eigenvalue weighted by Gasteiger charge is -2.19. The van der Waals surface area contributed by atoms with E-state index in [0.717, 1.165) is 42.4 Å². The van der Waals surface area contributed by atoms with E-state index in [1.807, 2.05) is 27.7 Å². The van der Waals surface area contributed by atoms with Crippen LogP contribution in [0, 0.1) is 6.92 Å². The number of ether oxygens (including phenoxy) is 2. The van der Waals surface area contributed by atoms with Crippen molar-refractivity contribution in [3.8, 4) is 5.75 Å². The van der Waals surface area contributed by atoms with Crippen LogP contribution in [0.15, 0.2) is 23.2 Å². The molecule has 7 heteroatoms. The Labute approximate surface area is 171 Å². The molecule has 1 heterocycles.